The van der Waals surface area contributed by atoms with E-state index in [1.807, 2.05) is 48.5 Å². The van der Waals surface area contributed by atoms with Crippen LogP contribution in [0.25, 0.3) is 11.0 Å². The molecule has 142 valence electrons. The lowest BCUT2D eigenvalue weighted by Crippen LogP contribution is -2.13. The van der Waals surface area contributed by atoms with Gasteiger partial charge in [-0.2, -0.15) is 0 Å². The van der Waals surface area contributed by atoms with E-state index < -0.39 is 0 Å². The SMILES string of the molecule is O=c1cc(Cn2nnc3ccccc32)nc(SCCOc2ccc(Br)cc2)[nH]1. The number of aromatic amines is 1. The Morgan fingerprint density at radius 1 is 1.14 bits per heavy atom. The van der Waals surface area contributed by atoms with Gasteiger partial charge in [0.05, 0.1) is 24.4 Å². The summed E-state index contributed by atoms with van der Waals surface area (Å²) in [6.45, 7) is 0.890. The zero-order valence-corrected chi connectivity index (χ0v) is 17.1. The molecule has 0 aliphatic carbocycles. The molecule has 28 heavy (non-hydrogen) atoms. The van der Waals surface area contributed by atoms with Gasteiger partial charge in [-0.05, 0) is 36.4 Å². The molecule has 0 fully saturated rings. The Morgan fingerprint density at radius 2 is 1.96 bits per heavy atom. The molecule has 0 aliphatic heterocycles. The van der Waals surface area contributed by atoms with Crippen LogP contribution in [-0.2, 0) is 6.54 Å². The van der Waals surface area contributed by atoms with Crippen LogP contribution in [0.3, 0.4) is 0 Å². The molecule has 2 aromatic carbocycles. The Kier molecular flexibility index (Phi) is 5.73. The number of hydrogen-bond acceptors (Lipinski definition) is 6. The van der Waals surface area contributed by atoms with Crippen LogP contribution >= 0.6 is 27.7 Å². The topological polar surface area (TPSA) is 85.7 Å². The number of benzene rings is 2. The number of H-pyrrole nitrogens is 1. The molecule has 0 bridgehead atoms. The highest BCUT2D eigenvalue weighted by Crippen LogP contribution is 2.18. The van der Waals surface area contributed by atoms with E-state index in [-0.39, 0.29) is 5.56 Å². The summed E-state index contributed by atoms with van der Waals surface area (Å²) in [6.07, 6.45) is 0. The summed E-state index contributed by atoms with van der Waals surface area (Å²) in [4.78, 5) is 19.3. The monoisotopic (exact) mass is 457 g/mol. The van der Waals surface area contributed by atoms with Crippen molar-refractivity contribution in [2.24, 2.45) is 0 Å². The van der Waals surface area contributed by atoms with Crippen molar-refractivity contribution in [3.63, 3.8) is 0 Å². The van der Waals surface area contributed by atoms with E-state index in [4.69, 9.17) is 4.74 Å². The van der Waals surface area contributed by atoms with Gasteiger partial charge in [-0.15, -0.1) is 5.10 Å². The minimum Gasteiger partial charge on any atom is -0.493 e. The van der Waals surface area contributed by atoms with E-state index in [9.17, 15) is 4.79 Å². The fourth-order valence-corrected chi connectivity index (χ4v) is 3.63. The van der Waals surface area contributed by atoms with Gasteiger partial charge in [0.1, 0.15) is 11.3 Å². The molecule has 4 rings (SSSR count). The predicted octanol–water partition coefficient (Wildman–Crippen LogP) is 3.50. The number of fused-ring (bicyclic) bond motifs is 1. The summed E-state index contributed by atoms with van der Waals surface area (Å²) in [5.41, 5.74) is 2.16. The first-order valence-electron chi connectivity index (χ1n) is 8.57. The van der Waals surface area contributed by atoms with Crippen LogP contribution < -0.4 is 10.3 Å². The van der Waals surface area contributed by atoms with Crippen LogP contribution in [0.2, 0.25) is 0 Å². The van der Waals surface area contributed by atoms with E-state index >= 15 is 0 Å². The average Bonchev–Trinajstić information content (AvgIpc) is 3.09. The van der Waals surface area contributed by atoms with Gasteiger partial charge >= 0.3 is 0 Å². The summed E-state index contributed by atoms with van der Waals surface area (Å²) in [7, 11) is 0. The number of para-hydroxylation sites is 1. The van der Waals surface area contributed by atoms with Gasteiger partial charge in [-0.25, -0.2) is 9.67 Å². The van der Waals surface area contributed by atoms with Gasteiger partial charge in [-0.3, -0.25) is 4.79 Å². The van der Waals surface area contributed by atoms with Crippen molar-refractivity contribution in [2.75, 3.05) is 12.4 Å². The zero-order chi connectivity index (χ0) is 19.3. The summed E-state index contributed by atoms with van der Waals surface area (Å²) in [5, 5.41) is 8.84. The van der Waals surface area contributed by atoms with Crippen molar-refractivity contribution in [3.8, 4) is 5.75 Å². The fraction of sp³-hybridized carbons (Fsp3) is 0.158. The maximum Gasteiger partial charge on any atom is 0.251 e. The molecule has 0 radical (unpaired) electrons. The predicted molar refractivity (Wildman–Crippen MR) is 112 cm³/mol. The van der Waals surface area contributed by atoms with Gasteiger partial charge in [0, 0.05) is 16.3 Å². The lowest BCUT2D eigenvalue weighted by molar-refractivity contribution is 0.344. The molecular weight excluding hydrogens is 442 g/mol. The molecule has 0 saturated carbocycles. The molecule has 0 unspecified atom stereocenters. The molecule has 2 heterocycles. The maximum atomic E-state index is 12.0. The van der Waals surface area contributed by atoms with E-state index in [0.717, 1.165) is 21.3 Å². The first-order chi connectivity index (χ1) is 13.7. The molecule has 4 aromatic rings. The van der Waals surface area contributed by atoms with Crippen molar-refractivity contribution < 1.29 is 4.74 Å². The van der Waals surface area contributed by atoms with Crippen molar-refractivity contribution in [2.45, 2.75) is 11.7 Å². The van der Waals surface area contributed by atoms with Crippen molar-refractivity contribution in [1.82, 2.24) is 25.0 Å². The van der Waals surface area contributed by atoms with Gasteiger partial charge in [-0.1, -0.05) is 45.0 Å². The molecule has 1 N–H and O–H groups in total. The van der Waals surface area contributed by atoms with Crippen LogP contribution in [0.4, 0.5) is 0 Å². The lowest BCUT2D eigenvalue weighted by Gasteiger charge is -2.07. The smallest absolute Gasteiger partial charge is 0.251 e. The van der Waals surface area contributed by atoms with Gasteiger partial charge in [0.2, 0.25) is 0 Å². The number of halogens is 1. The molecule has 7 nitrogen and oxygen atoms in total. The Hall–Kier alpha value is -2.65. The van der Waals surface area contributed by atoms with E-state index in [2.05, 4.69) is 36.2 Å². The summed E-state index contributed by atoms with van der Waals surface area (Å²) < 4.78 is 8.44. The zero-order valence-electron chi connectivity index (χ0n) is 14.7. The fourth-order valence-electron chi connectivity index (χ4n) is 2.65. The van der Waals surface area contributed by atoms with Crippen LogP contribution in [0.15, 0.2) is 69.0 Å². The molecule has 9 heteroatoms. The average molecular weight is 458 g/mol. The van der Waals surface area contributed by atoms with Crippen LogP contribution in [0, 0.1) is 0 Å². The first-order valence-corrected chi connectivity index (χ1v) is 10.3. The quantitative estimate of drug-likeness (QED) is 0.259. The first kappa shape index (κ1) is 18.7. The van der Waals surface area contributed by atoms with Crippen LogP contribution in [0.5, 0.6) is 5.75 Å². The third-order valence-corrected chi connectivity index (χ3v) is 5.28. The normalized spacial score (nSPS) is 11.0. The Morgan fingerprint density at radius 3 is 2.82 bits per heavy atom. The number of thioether (sulfide) groups is 1. The van der Waals surface area contributed by atoms with Gasteiger partial charge < -0.3 is 9.72 Å². The standard InChI is InChI=1S/C19H16BrN5O2S/c20-13-5-7-15(8-6-13)27-9-10-28-19-21-14(11-18(26)22-19)12-25-17-4-2-1-3-16(17)23-24-25/h1-8,11H,9-10,12H2,(H,21,22,26). The number of nitrogens with one attached hydrogen (secondary N) is 1. The van der Waals surface area contributed by atoms with Crippen LogP contribution in [0.1, 0.15) is 5.69 Å². The number of ether oxygens (including phenoxy) is 1. The third kappa shape index (κ3) is 4.60. The second kappa shape index (κ2) is 8.57. The minimum atomic E-state index is -0.189. The Labute approximate surface area is 173 Å². The highest BCUT2D eigenvalue weighted by atomic mass is 79.9. The molecule has 0 aliphatic rings. The van der Waals surface area contributed by atoms with E-state index in [0.29, 0.717) is 29.8 Å². The number of rotatable bonds is 7. The Bertz CT molecular complexity index is 1140. The van der Waals surface area contributed by atoms with E-state index in [1.54, 1.807) is 4.68 Å². The van der Waals surface area contributed by atoms with Gasteiger partial charge in [0.15, 0.2) is 5.16 Å². The van der Waals surface area contributed by atoms with E-state index in [1.165, 1.54) is 17.8 Å². The summed E-state index contributed by atoms with van der Waals surface area (Å²) >= 11 is 4.84. The highest BCUT2D eigenvalue weighted by Gasteiger charge is 2.08. The molecule has 0 atom stereocenters. The second-order valence-electron chi connectivity index (χ2n) is 5.93. The molecular formula is C19H16BrN5O2S. The minimum absolute atomic E-state index is 0.189. The lowest BCUT2D eigenvalue weighted by atomic mass is 10.3. The summed E-state index contributed by atoms with van der Waals surface area (Å²) in [6, 6.07) is 16.8. The maximum absolute atomic E-state index is 12.0. The third-order valence-electron chi connectivity index (χ3n) is 3.91. The molecule has 0 amide bonds. The Balaban J connectivity index is 1.39. The number of hydrogen-bond donors (Lipinski definition) is 1. The number of aromatic nitrogens is 5. The summed E-state index contributed by atoms with van der Waals surface area (Å²) in [5.74, 6) is 1.46. The molecule has 0 saturated heterocycles. The van der Waals surface area contributed by atoms with Gasteiger partial charge in [0.25, 0.3) is 5.56 Å². The van der Waals surface area contributed by atoms with Crippen molar-refractivity contribution in [3.05, 3.63) is 75.1 Å². The molecule has 2 aromatic heterocycles. The van der Waals surface area contributed by atoms with Crippen molar-refractivity contribution in [1.29, 1.82) is 0 Å². The molecule has 0 spiro atoms. The highest BCUT2D eigenvalue weighted by molar-refractivity contribution is 9.10. The van der Waals surface area contributed by atoms with Crippen LogP contribution in [-0.4, -0.2) is 37.3 Å². The second-order valence-corrected chi connectivity index (χ2v) is 7.93. The van der Waals surface area contributed by atoms with Crippen molar-refractivity contribution >= 4 is 38.7 Å². The largest absolute Gasteiger partial charge is 0.493 e. The number of nitrogens with zero attached hydrogens (tertiary/aromatic N) is 4.